The van der Waals surface area contributed by atoms with Crippen LogP contribution in [0.5, 0.6) is 0 Å². The highest BCUT2D eigenvalue weighted by Crippen LogP contribution is 2.19. The van der Waals surface area contributed by atoms with Gasteiger partial charge in [-0.2, -0.15) is 0 Å². The Labute approximate surface area is 132 Å². The van der Waals surface area contributed by atoms with Gasteiger partial charge in [0.15, 0.2) is 5.58 Å². The van der Waals surface area contributed by atoms with E-state index in [0.29, 0.717) is 12.1 Å². The van der Waals surface area contributed by atoms with E-state index in [1.807, 2.05) is 0 Å². The van der Waals surface area contributed by atoms with Crippen LogP contribution in [0.3, 0.4) is 0 Å². The summed E-state index contributed by atoms with van der Waals surface area (Å²) in [5, 5.41) is 13.5. The molecule has 0 unspecified atom stereocenters. The summed E-state index contributed by atoms with van der Waals surface area (Å²) in [5.41, 5.74) is 0.292. The lowest BCUT2D eigenvalue weighted by molar-refractivity contribution is -0.384. The summed E-state index contributed by atoms with van der Waals surface area (Å²) in [6.45, 7) is 2.51. The zero-order valence-electron chi connectivity index (χ0n) is 12.9. The smallest absolute Gasteiger partial charge is 0.407 e. The molecule has 2 aromatic rings. The van der Waals surface area contributed by atoms with E-state index in [4.69, 9.17) is 4.42 Å². The predicted molar refractivity (Wildman–Crippen MR) is 84.3 cm³/mol. The SMILES string of the molecule is CCCCCCNC(=O)Cn1c(=O)oc2cc([N+](=O)[O-])ccc21. The highest BCUT2D eigenvalue weighted by atomic mass is 16.6. The fourth-order valence-corrected chi connectivity index (χ4v) is 2.30. The number of nitrogens with one attached hydrogen (secondary N) is 1. The molecule has 0 aliphatic carbocycles. The Morgan fingerprint density at radius 3 is 2.83 bits per heavy atom. The number of aromatic nitrogens is 1. The summed E-state index contributed by atoms with van der Waals surface area (Å²) in [7, 11) is 0. The number of hydrogen-bond acceptors (Lipinski definition) is 5. The van der Waals surface area contributed by atoms with Crippen molar-refractivity contribution >= 4 is 22.7 Å². The van der Waals surface area contributed by atoms with Gasteiger partial charge < -0.3 is 9.73 Å². The van der Waals surface area contributed by atoms with Crippen LogP contribution in [0.2, 0.25) is 0 Å². The van der Waals surface area contributed by atoms with Crippen LogP contribution < -0.4 is 11.1 Å². The van der Waals surface area contributed by atoms with Gasteiger partial charge in [0.25, 0.3) is 5.69 Å². The molecule has 8 nitrogen and oxygen atoms in total. The molecule has 1 N–H and O–H groups in total. The van der Waals surface area contributed by atoms with E-state index >= 15 is 0 Å². The minimum Gasteiger partial charge on any atom is -0.407 e. The number of carbonyl (C=O) groups excluding carboxylic acids is 1. The summed E-state index contributed by atoms with van der Waals surface area (Å²) in [6, 6.07) is 3.86. The second kappa shape index (κ2) is 7.57. The number of nitrogens with zero attached hydrogens (tertiary/aromatic N) is 2. The Morgan fingerprint density at radius 1 is 1.35 bits per heavy atom. The fourth-order valence-electron chi connectivity index (χ4n) is 2.30. The molecule has 0 saturated carbocycles. The van der Waals surface area contributed by atoms with E-state index in [2.05, 4.69) is 12.2 Å². The number of hydrogen-bond donors (Lipinski definition) is 1. The maximum atomic E-state index is 11.9. The number of amides is 1. The molecular formula is C15H19N3O5. The van der Waals surface area contributed by atoms with Crippen molar-refractivity contribution in [2.24, 2.45) is 0 Å². The van der Waals surface area contributed by atoms with Gasteiger partial charge in [0.2, 0.25) is 5.91 Å². The first-order chi connectivity index (χ1) is 11.0. The monoisotopic (exact) mass is 321 g/mol. The molecular weight excluding hydrogens is 302 g/mol. The van der Waals surface area contributed by atoms with Crippen LogP contribution in [-0.4, -0.2) is 21.9 Å². The van der Waals surface area contributed by atoms with Gasteiger partial charge in [-0.25, -0.2) is 4.79 Å². The molecule has 0 aliphatic rings. The average molecular weight is 321 g/mol. The van der Waals surface area contributed by atoms with Gasteiger partial charge in [0, 0.05) is 12.6 Å². The number of carbonyl (C=O) groups is 1. The highest BCUT2D eigenvalue weighted by molar-refractivity contribution is 5.80. The van der Waals surface area contributed by atoms with Crippen molar-refractivity contribution in [2.45, 2.75) is 39.2 Å². The molecule has 0 spiro atoms. The summed E-state index contributed by atoms with van der Waals surface area (Å²) >= 11 is 0. The minimum absolute atomic E-state index is 0.0972. The van der Waals surface area contributed by atoms with Gasteiger partial charge in [0.1, 0.15) is 6.54 Å². The van der Waals surface area contributed by atoms with Crippen molar-refractivity contribution in [3.05, 3.63) is 38.9 Å². The Bertz CT molecular complexity index is 762. The summed E-state index contributed by atoms with van der Waals surface area (Å²) in [6.07, 6.45) is 4.19. The Balaban J connectivity index is 2.05. The number of nitro groups is 1. The first kappa shape index (κ1) is 16.7. The molecule has 0 saturated heterocycles. The van der Waals surface area contributed by atoms with Crippen molar-refractivity contribution in [2.75, 3.05) is 6.54 Å². The van der Waals surface area contributed by atoms with Gasteiger partial charge in [-0.1, -0.05) is 26.2 Å². The molecule has 1 amide bonds. The second-order valence-electron chi connectivity index (χ2n) is 5.27. The number of unbranched alkanes of at least 4 members (excludes halogenated alkanes) is 3. The van der Waals surface area contributed by atoms with E-state index in [9.17, 15) is 19.7 Å². The zero-order valence-corrected chi connectivity index (χ0v) is 12.9. The standard InChI is InChI=1S/C15H19N3O5/c1-2-3-4-5-8-16-14(19)10-17-12-7-6-11(18(21)22)9-13(12)23-15(17)20/h6-7,9H,2-5,8,10H2,1H3,(H,16,19). The largest absolute Gasteiger partial charge is 0.420 e. The van der Waals surface area contributed by atoms with Crippen LogP contribution in [0.25, 0.3) is 11.1 Å². The third-order valence-electron chi connectivity index (χ3n) is 3.52. The molecule has 1 heterocycles. The van der Waals surface area contributed by atoms with Gasteiger partial charge >= 0.3 is 5.76 Å². The van der Waals surface area contributed by atoms with E-state index in [0.717, 1.165) is 25.7 Å². The van der Waals surface area contributed by atoms with Crippen LogP contribution >= 0.6 is 0 Å². The topological polar surface area (TPSA) is 107 Å². The number of benzene rings is 1. The van der Waals surface area contributed by atoms with Crippen molar-refractivity contribution in [3.63, 3.8) is 0 Å². The lowest BCUT2D eigenvalue weighted by atomic mass is 10.2. The van der Waals surface area contributed by atoms with Crippen LogP contribution in [0.4, 0.5) is 5.69 Å². The molecule has 0 atom stereocenters. The Morgan fingerprint density at radius 2 is 2.13 bits per heavy atom. The lowest BCUT2D eigenvalue weighted by Gasteiger charge is -2.05. The van der Waals surface area contributed by atoms with E-state index in [-0.39, 0.29) is 23.7 Å². The van der Waals surface area contributed by atoms with Gasteiger partial charge in [-0.05, 0) is 12.5 Å². The Hall–Kier alpha value is -2.64. The zero-order chi connectivity index (χ0) is 16.8. The minimum atomic E-state index is -0.707. The molecule has 0 radical (unpaired) electrons. The van der Waals surface area contributed by atoms with Crippen molar-refractivity contribution in [1.29, 1.82) is 0 Å². The molecule has 0 bridgehead atoms. The third-order valence-corrected chi connectivity index (χ3v) is 3.52. The van der Waals surface area contributed by atoms with Crippen LogP contribution in [0.1, 0.15) is 32.6 Å². The number of fused-ring (bicyclic) bond motifs is 1. The maximum absolute atomic E-state index is 11.9. The van der Waals surface area contributed by atoms with Crippen LogP contribution in [0.15, 0.2) is 27.4 Å². The van der Waals surface area contributed by atoms with Gasteiger partial charge in [-0.15, -0.1) is 0 Å². The van der Waals surface area contributed by atoms with Crippen LogP contribution in [-0.2, 0) is 11.3 Å². The maximum Gasteiger partial charge on any atom is 0.420 e. The Kier molecular flexibility index (Phi) is 5.51. The van der Waals surface area contributed by atoms with Crippen LogP contribution in [0, 0.1) is 10.1 Å². The average Bonchev–Trinajstić information content (AvgIpc) is 2.82. The summed E-state index contributed by atoms with van der Waals surface area (Å²) in [4.78, 5) is 33.9. The number of non-ortho nitro benzene ring substituents is 1. The molecule has 2 rings (SSSR count). The molecule has 23 heavy (non-hydrogen) atoms. The van der Waals surface area contributed by atoms with E-state index in [1.165, 1.54) is 22.8 Å². The summed E-state index contributed by atoms with van der Waals surface area (Å²) in [5.74, 6) is -0.994. The molecule has 0 aliphatic heterocycles. The number of oxazole rings is 1. The third kappa shape index (κ3) is 4.18. The summed E-state index contributed by atoms with van der Waals surface area (Å²) < 4.78 is 6.14. The van der Waals surface area contributed by atoms with Crippen molar-refractivity contribution < 1.29 is 14.1 Å². The quantitative estimate of drug-likeness (QED) is 0.455. The molecule has 124 valence electrons. The lowest BCUT2D eigenvalue weighted by Crippen LogP contribution is -2.31. The second-order valence-corrected chi connectivity index (χ2v) is 5.27. The fraction of sp³-hybridized carbons (Fsp3) is 0.467. The normalized spacial score (nSPS) is 10.8. The van der Waals surface area contributed by atoms with Gasteiger partial charge in [-0.3, -0.25) is 19.5 Å². The molecule has 0 fully saturated rings. The van der Waals surface area contributed by atoms with E-state index in [1.54, 1.807) is 0 Å². The van der Waals surface area contributed by atoms with Crippen molar-refractivity contribution in [3.8, 4) is 0 Å². The first-order valence-electron chi connectivity index (χ1n) is 7.57. The molecule has 1 aromatic heterocycles. The van der Waals surface area contributed by atoms with Crippen molar-refractivity contribution in [1.82, 2.24) is 9.88 Å². The first-order valence-corrected chi connectivity index (χ1v) is 7.57. The predicted octanol–water partition coefficient (Wildman–Crippen LogP) is 2.20. The number of nitro benzene ring substituents is 1. The number of rotatable bonds is 8. The van der Waals surface area contributed by atoms with Gasteiger partial charge in [0.05, 0.1) is 16.5 Å². The van der Waals surface area contributed by atoms with E-state index < -0.39 is 10.7 Å². The molecule has 8 heteroatoms. The molecule has 1 aromatic carbocycles. The highest BCUT2D eigenvalue weighted by Gasteiger charge is 2.15.